The van der Waals surface area contributed by atoms with Crippen molar-refractivity contribution in [3.05, 3.63) is 65.4 Å². The largest absolute Gasteiger partial charge is 0.467 e. The lowest BCUT2D eigenvalue weighted by Crippen LogP contribution is -2.27. The molecule has 1 saturated carbocycles. The predicted molar refractivity (Wildman–Crippen MR) is 106 cm³/mol. The van der Waals surface area contributed by atoms with Crippen molar-refractivity contribution in [1.29, 1.82) is 0 Å². The second-order valence-corrected chi connectivity index (χ2v) is 7.10. The zero-order chi connectivity index (χ0) is 20.2. The number of aromatic nitrogens is 3. The van der Waals surface area contributed by atoms with E-state index in [1.54, 1.807) is 47.3 Å². The summed E-state index contributed by atoms with van der Waals surface area (Å²) in [7, 11) is 0. The van der Waals surface area contributed by atoms with Crippen LogP contribution >= 0.6 is 0 Å². The first-order valence-electron chi connectivity index (χ1n) is 9.82. The van der Waals surface area contributed by atoms with Crippen molar-refractivity contribution in [1.82, 2.24) is 25.6 Å². The molecular weight excluding hydrogens is 370 g/mol. The third kappa shape index (κ3) is 4.37. The SMILES string of the molecule is CCCc1c(C(=O)NC2CC2)nnn1-c1ccc(C(=O)NCc2ccco2)cc1. The molecule has 0 saturated heterocycles. The van der Waals surface area contributed by atoms with Crippen LogP contribution in [0.4, 0.5) is 0 Å². The molecule has 1 aliphatic rings. The topological polar surface area (TPSA) is 102 Å². The lowest BCUT2D eigenvalue weighted by Gasteiger charge is -2.09. The fourth-order valence-corrected chi connectivity index (χ4v) is 3.06. The highest BCUT2D eigenvalue weighted by atomic mass is 16.3. The van der Waals surface area contributed by atoms with Crippen LogP contribution < -0.4 is 10.6 Å². The smallest absolute Gasteiger partial charge is 0.273 e. The van der Waals surface area contributed by atoms with Gasteiger partial charge in [-0.05, 0) is 55.7 Å². The Morgan fingerprint density at radius 3 is 2.62 bits per heavy atom. The average molecular weight is 393 g/mol. The minimum Gasteiger partial charge on any atom is -0.467 e. The molecule has 0 bridgehead atoms. The van der Waals surface area contributed by atoms with Gasteiger partial charge in [0, 0.05) is 11.6 Å². The highest BCUT2D eigenvalue weighted by molar-refractivity contribution is 5.94. The summed E-state index contributed by atoms with van der Waals surface area (Å²) in [5, 5.41) is 14.1. The number of hydrogen-bond acceptors (Lipinski definition) is 5. The first-order valence-corrected chi connectivity index (χ1v) is 9.82. The van der Waals surface area contributed by atoms with Crippen LogP contribution in [0, 0.1) is 0 Å². The van der Waals surface area contributed by atoms with Crippen LogP contribution in [-0.4, -0.2) is 32.9 Å². The van der Waals surface area contributed by atoms with Crippen LogP contribution in [0.15, 0.2) is 47.1 Å². The fourth-order valence-electron chi connectivity index (χ4n) is 3.06. The molecule has 29 heavy (non-hydrogen) atoms. The molecule has 1 aromatic carbocycles. The molecule has 8 heteroatoms. The molecule has 150 valence electrons. The summed E-state index contributed by atoms with van der Waals surface area (Å²) in [5.41, 5.74) is 2.44. The van der Waals surface area contributed by atoms with Crippen molar-refractivity contribution >= 4 is 11.8 Å². The Morgan fingerprint density at radius 2 is 1.97 bits per heavy atom. The minimum absolute atomic E-state index is 0.170. The van der Waals surface area contributed by atoms with Crippen LogP contribution in [0.3, 0.4) is 0 Å². The molecule has 1 fully saturated rings. The Balaban J connectivity index is 1.49. The molecule has 2 aromatic heterocycles. The second kappa shape index (κ2) is 8.30. The molecule has 0 unspecified atom stereocenters. The van der Waals surface area contributed by atoms with E-state index in [1.807, 2.05) is 6.92 Å². The van der Waals surface area contributed by atoms with Gasteiger partial charge in [-0.3, -0.25) is 9.59 Å². The van der Waals surface area contributed by atoms with Crippen LogP contribution in [0.2, 0.25) is 0 Å². The molecular formula is C21H23N5O3. The van der Waals surface area contributed by atoms with Crippen molar-refractivity contribution in [2.45, 2.75) is 45.2 Å². The van der Waals surface area contributed by atoms with Crippen molar-refractivity contribution in [3.63, 3.8) is 0 Å². The second-order valence-electron chi connectivity index (χ2n) is 7.10. The molecule has 2 amide bonds. The van der Waals surface area contributed by atoms with E-state index < -0.39 is 0 Å². The van der Waals surface area contributed by atoms with Crippen LogP contribution in [0.1, 0.15) is 58.5 Å². The van der Waals surface area contributed by atoms with Gasteiger partial charge in [-0.15, -0.1) is 5.10 Å². The summed E-state index contributed by atoms with van der Waals surface area (Å²) in [6.45, 7) is 2.38. The van der Waals surface area contributed by atoms with Gasteiger partial charge in [-0.25, -0.2) is 4.68 Å². The Morgan fingerprint density at radius 1 is 1.17 bits per heavy atom. The normalized spacial score (nSPS) is 13.3. The number of benzene rings is 1. The molecule has 1 aliphatic carbocycles. The Hall–Kier alpha value is -3.42. The van der Waals surface area contributed by atoms with Crippen molar-refractivity contribution in [3.8, 4) is 5.69 Å². The third-order valence-corrected chi connectivity index (χ3v) is 4.75. The Bertz CT molecular complexity index is 988. The summed E-state index contributed by atoms with van der Waals surface area (Å²) in [5.74, 6) is 0.333. The maximum atomic E-state index is 12.5. The zero-order valence-corrected chi connectivity index (χ0v) is 16.2. The summed E-state index contributed by atoms with van der Waals surface area (Å²) in [6.07, 6.45) is 5.16. The molecule has 8 nitrogen and oxygen atoms in total. The van der Waals surface area contributed by atoms with Crippen molar-refractivity contribution in [2.75, 3.05) is 0 Å². The average Bonchev–Trinajstić information content (AvgIpc) is 3.22. The highest BCUT2D eigenvalue weighted by Gasteiger charge is 2.27. The molecule has 0 aliphatic heterocycles. The maximum Gasteiger partial charge on any atom is 0.273 e. The monoisotopic (exact) mass is 393 g/mol. The van der Waals surface area contributed by atoms with Gasteiger partial charge in [-0.1, -0.05) is 18.6 Å². The fraction of sp³-hybridized carbons (Fsp3) is 0.333. The number of nitrogens with zero attached hydrogens (tertiary/aromatic N) is 3. The first-order chi connectivity index (χ1) is 14.2. The first kappa shape index (κ1) is 18.9. The quantitative estimate of drug-likeness (QED) is 0.613. The summed E-state index contributed by atoms with van der Waals surface area (Å²) in [4.78, 5) is 24.8. The van der Waals surface area contributed by atoms with Gasteiger partial charge < -0.3 is 15.1 Å². The zero-order valence-electron chi connectivity index (χ0n) is 16.2. The van der Waals surface area contributed by atoms with Gasteiger partial charge in [0.2, 0.25) is 0 Å². The minimum atomic E-state index is -0.190. The van der Waals surface area contributed by atoms with E-state index in [2.05, 4.69) is 20.9 Å². The number of amides is 2. The van der Waals surface area contributed by atoms with E-state index in [1.165, 1.54) is 0 Å². The van der Waals surface area contributed by atoms with Gasteiger partial charge >= 0.3 is 0 Å². The standard InChI is InChI=1S/C21H23N5O3/c1-2-4-18-19(21(28)23-15-8-9-15)24-25-26(18)16-10-6-14(7-11-16)20(27)22-13-17-5-3-12-29-17/h3,5-7,10-12,15H,2,4,8-9,13H2,1H3,(H,22,27)(H,23,28). The molecule has 2 N–H and O–H groups in total. The van der Waals surface area contributed by atoms with Gasteiger partial charge in [0.05, 0.1) is 24.2 Å². The molecule has 0 radical (unpaired) electrons. The highest BCUT2D eigenvalue weighted by Crippen LogP contribution is 2.21. The van der Waals surface area contributed by atoms with Crippen molar-refractivity contribution in [2.24, 2.45) is 0 Å². The van der Waals surface area contributed by atoms with E-state index in [0.717, 1.165) is 30.6 Å². The number of carbonyl (C=O) groups excluding carboxylic acids is 2. The molecule has 0 spiro atoms. The number of hydrogen-bond donors (Lipinski definition) is 2. The Kier molecular flexibility index (Phi) is 5.41. The van der Waals surface area contributed by atoms with Gasteiger partial charge in [0.1, 0.15) is 5.76 Å². The summed E-state index contributed by atoms with van der Waals surface area (Å²) >= 11 is 0. The summed E-state index contributed by atoms with van der Waals surface area (Å²) in [6, 6.07) is 10.9. The molecule has 3 aromatic rings. The predicted octanol–water partition coefficient (Wildman–Crippen LogP) is 2.64. The van der Waals surface area contributed by atoms with Crippen LogP contribution in [0.25, 0.3) is 5.69 Å². The van der Waals surface area contributed by atoms with E-state index in [9.17, 15) is 9.59 Å². The van der Waals surface area contributed by atoms with E-state index in [-0.39, 0.29) is 17.9 Å². The summed E-state index contributed by atoms with van der Waals surface area (Å²) < 4.78 is 6.89. The lowest BCUT2D eigenvalue weighted by atomic mass is 10.1. The van der Waals surface area contributed by atoms with E-state index >= 15 is 0 Å². The van der Waals surface area contributed by atoms with Gasteiger partial charge in [0.25, 0.3) is 11.8 Å². The van der Waals surface area contributed by atoms with E-state index in [0.29, 0.717) is 30.0 Å². The molecule has 0 atom stereocenters. The lowest BCUT2D eigenvalue weighted by molar-refractivity contribution is 0.0938. The molecule has 4 rings (SSSR count). The number of nitrogens with one attached hydrogen (secondary N) is 2. The van der Waals surface area contributed by atoms with E-state index in [4.69, 9.17) is 4.42 Å². The van der Waals surface area contributed by atoms with Crippen LogP contribution in [0.5, 0.6) is 0 Å². The van der Waals surface area contributed by atoms with Gasteiger partial charge in [0.15, 0.2) is 5.69 Å². The molecule has 2 heterocycles. The number of furan rings is 1. The number of carbonyl (C=O) groups is 2. The van der Waals surface area contributed by atoms with Gasteiger partial charge in [-0.2, -0.15) is 0 Å². The number of rotatable bonds is 8. The maximum absolute atomic E-state index is 12.5. The van der Waals surface area contributed by atoms with Crippen molar-refractivity contribution < 1.29 is 14.0 Å². The third-order valence-electron chi connectivity index (χ3n) is 4.75. The Labute approximate surface area is 168 Å². The van der Waals surface area contributed by atoms with Crippen LogP contribution in [-0.2, 0) is 13.0 Å².